The van der Waals surface area contributed by atoms with Gasteiger partial charge in [0.1, 0.15) is 5.15 Å². The number of benzene rings is 1. The standard InChI is InChI=1S/C16H18ClN3S/c1-10-12(16(17)20(3)19-10)8-14(18-2)13-9-21-15-7-5-4-6-11(13)15/h4-7,9,14,18H,8H2,1-3H3. The van der Waals surface area contributed by atoms with E-state index < -0.39 is 0 Å². The number of halogens is 1. The van der Waals surface area contributed by atoms with E-state index in [1.807, 2.05) is 21.0 Å². The fourth-order valence-electron chi connectivity index (χ4n) is 2.75. The Balaban J connectivity index is 1.99. The molecule has 110 valence electrons. The highest BCUT2D eigenvalue weighted by Crippen LogP contribution is 2.33. The van der Waals surface area contributed by atoms with E-state index in [0.29, 0.717) is 0 Å². The average molecular weight is 320 g/mol. The summed E-state index contributed by atoms with van der Waals surface area (Å²) < 4.78 is 3.06. The van der Waals surface area contributed by atoms with Gasteiger partial charge in [-0.05, 0) is 42.8 Å². The number of thiophene rings is 1. The summed E-state index contributed by atoms with van der Waals surface area (Å²) in [6, 6.07) is 8.76. The zero-order chi connectivity index (χ0) is 15.0. The van der Waals surface area contributed by atoms with Crippen LogP contribution in [0.3, 0.4) is 0 Å². The minimum absolute atomic E-state index is 0.238. The van der Waals surface area contributed by atoms with Gasteiger partial charge in [-0.2, -0.15) is 5.10 Å². The van der Waals surface area contributed by atoms with Crippen molar-refractivity contribution in [2.75, 3.05) is 7.05 Å². The Kier molecular flexibility index (Phi) is 4.02. The largest absolute Gasteiger partial charge is 0.313 e. The first kappa shape index (κ1) is 14.6. The molecule has 1 unspecified atom stereocenters. The van der Waals surface area contributed by atoms with Crippen LogP contribution in [0, 0.1) is 6.92 Å². The van der Waals surface area contributed by atoms with Gasteiger partial charge >= 0.3 is 0 Å². The van der Waals surface area contributed by atoms with Crippen LogP contribution in [0.1, 0.15) is 22.9 Å². The van der Waals surface area contributed by atoms with E-state index >= 15 is 0 Å². The fourth-order valence-corrected chi connectivity index (χ4v) is 4.01. The van der Waals surface area contributed by atoms with Gasteiger partial charge in [0.15, 0.2) is 0 Å². The van der Waals surface area contributed by atoms with Crippen molar-refractivity contribution in [3.05, 3.63) is 51.6 Å². The number of nitrogens with zero attached hydrogens (tertiary/aromatic N) is 2. The zero-order valence-corrected chi connectivity index (χ0v) is 13.9. The van der Waals surface area contributed by atoms with E-state index in [-0.39, 0.29) is 6.04 Å². The van der Waals surface area contributed by atoms with E-state index in [1.54, 1.807) is 16.0 Å². The van der Waals surface area contributed by atoms with Crippen LogP contribution in [-0.4, -0.2) is 16.8 Å². The second kappa shape index (κ2) is 5.79. The van der Waals surface area contributed by atoms with Crippen LogP contribution in [0.25, 0.3) is 10.1 Å². The first-order chi connectivity index (χ1) is 10.1. The molecule has 0 saturated heterocycles. The van der Waals surface area contributed by atoms with Gasteiger partial charge in [0, 0.05) is 23.4 Å². The van der Waals surface area contributed by atoms with Crippen molar-refractivity contribution in [1.29, 1.82) is 0 Å². The highest BCUT2D eigenvalue weighted by Gasteiger charge is 2.19. The highest BCUT2D eigenvalue weighted by molar-refractivity contribution is 7.17. The van der Waals surface area contributed by atoms with Gasteiger partial charge in [-0.15, -0.1) is 11.3 Å². The summed E-state index contributed by atoms with van der Waals surface area (Å²) >= 11 is 8.16. The molecule has 1 N–H and O–H groups in total. The smallest absolute Gasteiger partial charge is 0.130 e. The van der Waals surface area contributed by atoms with Crippen molar-refractivity contribution in [2.24, 2.45) is 7.05 Å². The quantitative estimate of drug-likeness (QED) is 0.784. The Morgan fingerprint density at radius 3 is 2.81 bits per heavy atom. The molecule has 2 heterocycles. The number of aryl methyl sites for hydroxylation is 2. The van der Waals surface area contributed by atoms with Gasteiger partial charge in [-0.25, -0.2) is 0 Å². The maximum absolute atomic E-state index is 6.37. The lowest BCUT2D eigenvalue weighted by Crippen LogP contribution is -2.18. The molecule has 3 rings (SSSR count). The second-order valence-corrected chi connectivity index (χ2v) is 6.48. The molecule has 0 fully saturated rings. The van der Waals surface area contributed by atoms with Crippen LogP contribution in [-0.2, 0) is 13.5 Å². The van der Waals surface area contributed by atoms with Crippen LogP contribution in [0.4, 0.5) is 0 Å². The normalized spacial score (nSPS) is 13.0. The monoisotopic (exact) mass is 319 g/mol. The van der Waals surface area contributed by atoms with E-state index in [0.717, 1.165) is 22.8 Å². The molecule has 0 aliphatic rings. The summed E-state index contributed by atoms with van der Waals surface area (Å²) in [4.78, 5) is 0. The number of rotatable bonds is 4. The first-order valence-corrected chi connectivity index (χ1v) is 8.19. The lowest BCUT2D eigenvalue weighted by molar-refractivity contribution is 0.596. The SMILES string of the molecule is CNC(Cc1c(C)nn(C)c1Cl)c1csc2ccccc12. The van der Waals surface area contributed by atoms with Gasteiger partial charge < -0.3 is 5.32 Å². The summed E-state index contributed by atoms with van der Waals surface area (Å²) in [6.45, 7) is 2.01. The lowest BCUT2D eigenvalue weighted by atomic mass is 9.99. The zero-order valence-electron chi connectivity index (χ0n) is 12.4. The minimum Gasteiger partial charge on any atom is -0.313 e. The number of hydrogen-bond acceptors (Lipinski definition) is 3. The summed E-state index contributed by atoms with van der Waals surface area (Å²) in [5, 5.41) is 12.1. The van der Waals surface area contributed by atoms with Crippen LogP contribution >= 0.6 is 22.9 Å². The molecule has 1 aromatic carbocycles. The summed E-state index contributed by atoms with van der Waals surface area (Å²) in [7, 11) is 3.88. The van der Waals surface area contributed by atoms with Crippen LogP contribution in [0.15, 0.2) is 29.6 Å². The third-order valence-electron chi connectivity index (χ3n) is 3.91. The predicted octanol–water partition coefficient (Wildman–Crippen LogP) is 4.10. The molecule has 0 radical (unpaired) electrons. The molecule has 5 heteroatoms. The van der Waals surface area contributed by atoms with Gasteiger partial charge in [0.05, 0.1) is 5.69 Å². The molecule has 0 bridgehead atoms. The molecule has 0 saturated carbocycles. The van der Waals surface area contributed by atoms with Crippen molar-refractivity contribution >= 4 is 33.0 Å². The second-order valence-electron chi connectivity index (χ2n) is 5.21. The van der Waals surface area contributed by atoms with Crippen LogP contribution in [0.2, 0.25) is 5.15 Å². The van der Waals surface area contributed by atoms with Gasteiger partial charge in [0.25, 0.3) is 0 Å². The van der Waals surface area contributed by atoms with E-state index in [1.165, 1.54) is 15.6 Å². The fraction of sp³-hybridized carbons (Fsp3) is 0.312. The number of fused-ring (bicyclic) bond motifs is 1. The van der Waals surface area contributed by atoms with Gasteiger partial charge in [0.2, 0.25) is 0 Å². The Bertz CT molecular complexity index is 775. The van der Waals surface area contributed by atoms with E-state index in [9.17, 15) is 0 Å². The molecular weight excluding hydrogens is 302 g/mol. The molecule has 0 spiro atoms. The molecule has 0 aliphatic carbocycles. The maximum atomic E-state index is 6.37. The van der Waals surface area contributed by atoms with Crippen molar-refractivity contribution in [3.8, 4) is 0 Å². The third-order valence-corrected chi connectivity index (χ3v) is 5.37. The number of hydrogen-bond donors (Lipinski definition) is 1. The van der Waals surface area contributed by atoms with Crippen molar-refractivity contribution in [2.45, 2.75) is 19.4 Å². The molecule has 3 nitrogen and oxygen atoms in total. The Morgan fingerprint density at radius 1 is 1.38 bits per heavy atom. The predicted molar refractivity (Wildman–Crippen MR) is 90.3 cm³/mol. The van der Waals surface area contributed by atoms with Crippen LogP contribution in [0.5, 0.6) is 0 Å². The maximum Gasteiger partial charge on any atom is 0.130 e. The third kappa shape index (κ3) is 2.59. The van der Waals surface area contributed by atoms with Gasteiger partial charge in [-0.1, -0.05) is 29.8 Å². The lowest BCUT2D eigenvalue weighted by Gasteiger charge is -2.16. The molecule has 21 heavy (non-hydrogen) atoms. The minimum atomic E-state index is 0.238. The summed E-state index contributed by atoms with van der Waals surface area (Å²) in [6.07, 6.45) is 0.843. The Labute approximate surface area is 133 Å². The van der Waals surface area contributed by atoms with Crippen molar-refractivity contribution in [3.63, 3.8) is 0 Å². The molecule has 1 atom stereocenters. The summed E-state index contributed by atoms with van der Waals surface area (Å²) in [5.74, 6) is 0. The Hall–Kier alpha value is -1.36. The molecule has 0 amide bonds. The van der Waals surface area contributed by atoms with Crippen LogP contribution < -0.4 is 5.32 Å². The van der Waals surface area contributed by atoms with Gasteiger partial charge in [-0.3, -0.25) is 4.68 Å². The van der Waals surface area contributed by atoms with E-state index in [2.05, 4.69) is 40.1 Å². The average Bonchev–Trinajstić information content (AvgIpc) is 3.00. The topological polar surface area (TPSA) is 29.9 Å². The highest BCUT2D eigenvalue weighted by atomic mass is 35.5. The number of aromatic nitrogens is 2. The summed E-state index contributed by atoms with van der Waals surface area (Å²) in [5.41, 5.74) is 3.45. The molecular formula is C16H18ClN3S. The first-order valence-electron chi connectivity index (χ1n) is 6.93. The number of nitrogens with one attached hydrogen (secondary N) is 1. The molecule has 2 aromatic heterocycles. The molecule has 3 aromatic rings. The molecule has 0 aliphatic heterocycles. The Morgan fingerprint density at radius 2 is 2.14 bits per heavy atom. The van der Waals surface area contributed by atoms with E-state index in [4.69, 9.17) is 11.6 Å². The number of likely N-dealkylation sites (N-methyl/N-ethyl adjacent to an activating group) is 1. The van der Waals surface area contributed by atoms with Crippen molar-refractivity contribution < 1.29 is 0 Å². The van der Waals surface area contributed by atoms with Crippen molar-refractivity contribution in [1.82, 2.24) is 15.1 Å².